The topological polar surface area (TPSA) is 3.24 Å². The molecule has 152 valence electrons. The summed E-state index contributed by atoms with van der Waals surface area (Å²) in [5.41, 5.74) is 13.0. The molecule has 28 heavy (non-hydrogen) atoms. The highest BCUT2D eigenvalue weighted by atomic mass is 15.1. The van der Waals surface area contributed by atoms with Gasteiger partial charge in [0.15, 0.2) is 0 Å². The second-order valence-corrected chi connectivity index (χ2v) is 9.58. The van der Waals surface area contributed by atoms with Crippen LogP contribution in [0.25, 0.3) is 5.57 Å². The van der Waals surface area contributed by atoms with Crippen LogP contribution in [0.2, 0.25) is 0 Å². The van der Waals surface area contributed by atoms with Crippen LogP contribution in [0.4, 0.5) is 5.69 Å². The van der Waals surface area contributed by atoms with E-state index >= 15 is 0 Å². The van der Waals surface area contributed by atoms with E-state index in [2.05, 4.69) is 79.8 Å². The maximum atomic E-state index is 4.67. The van der Waals surface area contributed by atoms with Gasteiger partial charge in [-0.1, -0.05) is 45.1 Å². The van der Waals surface area contributed by atoms with Crippen LogP contribution in [0, 0.1) is 30.6 Å². The Hall–Kier alpha value is -1.76. The Morgan fingerprint density at radius 2 is 1.93 bits per heavy atom. The van der Waals surface area contributed by atoms with E-state index in [4.69, 9.17) is 0 Å². The minimum atomic E-state index is 0.568. The number of allylic oxidation sites excluding steroid dienone is 4. The molecule has 2 aliphatic carbocycles. The van der Waals surface area contributed by atoms with Crippen molar-refractivity contribution in [3.8, 4) is 0 Å². The smallest absolute Gasteiger partial charge is 0.0402 e. The molecule has 0 saturated heterocycles. The highest BCUT2D eigenvalue weighted by molar-refractivity contribution is 5.88. The molecule has 1 aromatic carbocycles. The van der Waals surface area contributed by atoms with E-state index in [1.165, 1.54) is 45.5 Å². The SMILES string of the molecule is C=C1C2=C(C)C(C)[C@H](C(C)C(=C)C)CC2Cc2c(N(C)C)cc(CC)c(C)c21. The third-order valence-corrected chi connectivity index (χ3v) is 7.85. The molecular formula is C27H39N. The zero-order chi connectivity index (χ0) is 20.9. The maximum absolute atomic E-state index is 4.67. The molecule has 0 heterocycles. The van der Waals surface area contributed by atoms with E-state index in [-0.39, 0.29) is 0 Å². The summed E-state index contributed by atoms with van der Waals surface area (Å²) >= 11 is 0. The summed E-state index contributed by atoms with van der Waals surface area (Å²) in [6.07, 6.45) is 3.47. The average Bonchev–Trinajstić information content (AvgIpc) is 2.63. The van der Waals surface area contributed by atoms with Crippen LogP contribution in [-0.2, 0) is 12.8 Å². The van der Waals surface area contributed by atoms with Crippen LogP contribution in [0.15, 0.2) is 35.9 Å². The van der Waals surface area contributed by atoms with Gasteiger partial charge in [-0.3, -0.25) is 0 Å². The van der Waals surface area contributed by atoms with Crippen LogP contribution in [0.3, 0.4) is 0 Å². The number of hydrogen-bond donors (Lipinski definition) is 0. The summed E-state index contributed by atoms with van der Waals surface area (Å²) in [6, 6.07) is 2.42. The van der Waals surface area contributed by atoms with Gasteiger partial charge in [0.25, 0.3) is 0 Å². The van der Waals surface area contributed by atoms with Gasteiger partial charge in [0.2, 0.25) is 0 Å². The molecule has 3 rings (SSSR count). The van der Waals surface area contributed by atoms with Gasteiger partial charge >= 0.3 is 0 Å². The van der Waals surface area contributed by atoms with Gasteiger partial charge in [0, 0.05) is 19.8 Å². The van der Waals surface area contributed by atoms with Crippen molar-refractivity contribution < 1.29 is 0 Å². The van der Waals surface area contributed by atoms with E-state index < -0.39 is 0 Å². The van der Waals surface area contributed by atoms with Gasteiger partial charge in [-0.05, 0) is 103 Å². The van der Waals surface area contributed by atoms with Gasteiger partial charge in [-0.15, -0.1) is 0 Å². The first-order valence-electron chi connectivity index (χ1n) is 11.0. The fraction of sp³-hybridized carbons (Fsp3) is 0.556. The molecule has 2 aliphatic rings. The average molecular weight is 378 g/mol. The molecule has 0 spiro atoms. The normalized spacial score (nSPS) is 25.3. The Balaban J connectivity index is 2.18. The second-order valence-electron chi connectivity index (χ2n) is 9.58. The minimum Gasteiger partial charge on any atom is -0.377 e. The molecule has 0 N–H and O–H groups in total. The fourth-order valence-electron chi connectivity index (χ4n) is 5.85. The van der Waals surface area contributed by atoms with Crippen molar-refractivity contribution in [1.82, 2.24) is 0 Å². The molecule has 0 aromatic heterocycles. The third-order valence-electron chi connectivity index (χ3n) is 7.85. The van der Waals surface area contributed by atoms with Crippen molar-refractivity contribution in [3.05, 3.63) is 58.2 Å². The first-order valence-corrected chi connectivity index (χ1v) is 11.0. The number of rotatable bonds is 4. The third kappa shape index (κ3) is 3.17. The Kier molecular flexibility index (Phi) is 5.67. The van der Waals surface area contributed by atoms with Crippen LogP contribution in [-0.4, -0.2) is 14.1 Å². The number of fused-ring (bicyclic) bond motifs is 2. The van der Waals surface area contributed by atoms with Gasteiger partial charge in [-0.2, -0.15) is 0 Å². The van der Waals surface area contributed by atoms with E-state index in [9.17, 15) is 0 Å². The molecule has 0 aliphatic heterocycles. The zero-order valence-electron chi connectivity index (χ0n) is 19.4. The van der Waals surface area contributed by atoms with Gasteiger partial charge < -0.3 is 4.90 Å². The van der Waals surface area contributed by atoms with Crippen molar-refractivity contribution in [2.24, 2.45) is 23.7 Å². The molecule has 1 aromatic rings. The van der Waals surface area contributed by atoms with Gasteiger partial charge in [0.1, 0.15) is 0 Å². The molecule has 1 nitrogen and oxygen atoms in total. The Morgan fingerprint density at radius 3 is 2.46 bits per heavy atom. The monoisotopic (exact) mass is 377 g/mol. The summed E-state index contributed by atoms with van der Waals surface area (Å²) in [5.74, 6) is 2.44. The summed E-state index contributed by atoms with van der Waals surface area (Å²) in [4.78, 5) is 2.30. The lowest BCUT2D eigenvalue weighted by atomic mass is 9.60. The van der Waals surface area contributed by atoms with Gasteiger partial charge in [0.05, 0.1) is 0 Å². The summed E-state index contributed by atoms with van der Waals surface area (Å²) in [6.45, 7) is 22.9. The lowest BCUT2D eigenvalue weighted by molar-refractivity contribution is 0.240. The molecule has 0 amide bonds. The van der Waals surface area contributed by atoms with Crippen molar-refractivity contribution in [2.45, 2.75) is 60.8 Å². The largest absolute Gasteiger partial charge is 0.377 e. The molecule has 0 bridgehead atoms. The van der Waals surface area contributed by atoms with Crippen molar-refractivity contribution >= 4 is 11.3 Å². The first-order chi connectivity index (χ1) is 13.1. The van der Waals surface area contributed by atoms with E-state index in [0.29, 0.717) is 23.7 Å². The molecule has 1 heteroatoms. The molecular weight excluding hydrogens is 338 g/mol. The highest BCUT2D eigenvalue weighted by Crippen LogP contribution is 2.53. The molecule has 3 unspecified atom stereocenters. The van der Waals surface area contributed by atoms with Crippen LogP contribution in [0.5, 0.6) is 0 Å². The molecule has 0 saturated carbocycles. The fourth-order valence-corrected chi connectivity index (χ4v) is 5.85. The summed E-state index contributed by atoms with van der Waals surface area (Å²) < 4.78 is 0. The number of anilines is 1. The Morgan fingerprint density at radius 1 is 1.29 bits per heavy atom. The number of nitrogens with zero attached hydrogens (tertiary/aromatic N) is 1. The van der Waals surface area contributed by atoms with Crippen LogP contribution < -0.4 is 4.90 Å². The molecule has 4 atom stereocenters. The number of hydrogen-bond acceptors (Lipinski definition) is 1. The Labute approximate surface area is 173 Å². The number of aryl methyl sites for hydroxylation is 1. The number of benzene rings is 1. The Bertz CT molecular complexity index is 852. The summed E-state index contributed by atoms with van der Waals surface area (Å²) in [5, 5.41) is 0. The van der Waals surface area contributed by atoms with Crippen molar-refractivity contribution in [2.75, 3.05) is 19.0 Å². The maximum Gasteiger partial charge on any atom is 0.0402 e. The molecule has 0 radical (unpaired) electrons. The predicted molar refractivity (Wildman–Crippen MR) is 125 cm³/mol. The van der Waals surface area contributed by atoms with Crippen LogP contribution in [0.1, 0.15) is 63.3 Å². The van der Waals surface area contributed by atoms with Crippen molar-refractivity contribution in [1.29, 1.82) is 0 Å². The van der Waals surface area contributed by atoms with E-state index in [1.807, 2.05) is 0 Å². The first kappa shape index (κ1) is 21.0. The van der Waals surface area contributed by atoms with Crippen LogP contribution >= 0.6 is 0 Å². The lowest BCUT2D eigenvalue weighted by Gasteiger charge is -2.45. The molecule has 0 fully saturated rings. The van der Waals surface area contributed by atoms with Gasteiger partial charge in [-0.25, -0.2) is 0 Å². The predicted octanol–water partition coefficient (Wildman–Crippen LogP) is 6.99. The summed E-state index contributed by atoms with van der Waals surface area (Å²) in [7, 11) is 4.36. The lowest BCUT2D eigenvalue weighted by Crippen LogP contribution is -2.34. The standard InChI is InChI=1S/C27H39N/c1-11-21-14-25(28(9)10)24-13-22-12-23(16(4)15(2)3)17(5)18(6)26(22)20(8)27(24)19(21)7/h14,16-17,22-23H,2,8,11-13H2,1,3-7,9-10H3/t16?,17?,22?,23-/m0/s1. The minimum absolute atomic E-state index is 0.568. The quantitative estimate of drug-likeness (QED) is 0.511. The van der Waals surface area contributed by atoms with Crippen molar-refractivity contribution in [3.63, 3.8) is 0 Å². The highest BCUT2D eigenvalue weighted by Gasteiger charge is 2.40. The van der Waals surface area contributed by atoms with E-state index in [0.717, 1.165) is 12.8 Å². The second kappa shape index (κ2) is 7.58. The zero-order valence-corrected chi connectivity index (χ0v) is 19.4. The van der Waals surface area contributed by atoms with E-state index in [1.54, 1.807) is 11.1 Å².